The summed E-state index contributed by atoms with van der Waals surface area (Å²) in [6.45, 7) is -0.920. The zero-order valence-corrected chi connectivity index (χ0v) is 14.7. The highest BCUT2D eigenvalue weighted by Crippen LogP contribution is 2.21. The molecule has 2 rings (SSSR count). The standard InChI is InChI=1S/C17H13Cl2FN2O4/c18-10-1-6-13(14(19)7-10)17(25)26-9-16(24)21-8-15(23)22-12-4-2-11(20)3-5-12/h1-7H,8-9H2,(H,21,24)(H,22,23). The summed E-state index contributed by atoms with van der Waals surface area (Å²) in [7, 11) is 0. The lowest BCUT2D eigenvalue weighted by molar-refractivity contribution is -0.126. The quantitative estimate of drug-likeness (QED) is 0.732. The summed E-state index contributed by atoms with van der Waals surface area (Å²) in [4.78, 5) is 35.2. The Balaban J connectivity index is 1.75. The van der Waals surface area contributed by atoms with E-state index in [1.165, 1.54) is 42.5 Å². The van der Waals surface area contributed by atoms with E-state index in [4.69, 9.17) is 27.9 Å². The first-order valence-electron chi connectivity index (χ1n) is 7.29. The normalized spacial score (nSPS) is 10.1. The molecule has 0 aromatic heterocycles. The number of halogens is 3. The maximum absolute atomic E-state index is 12.8. The topological polar surface area (TPSA) is 84.5 Å². The van der Waals surface area contributed by atoms with E-state index in [1.807, 2.05) is 0 Å². The van der Waals surface area contributed by atoms with Gasteiger partial charge in [0.05, 0.1) is 17.1 Å². The van der Waals surface area contributed by atoms with Gasteiger partial charge >= 0.3 is 5.97 Å². The Hall–Kier alpha value is -2.64. The van der Waals surface area contributed by atoms with Crippen LogP contribution in [0.25, 0.3) is 0 Å². The summed E-state index contributed by atoms with van der Waals surface area (Å²) in [5, 5.41) is 5.21. The highest BCUT2D eigenvalue weighted by atomic mass is 35.5. The van der Waals surface area contributed by atoms with Crippen LogP contribution in [0, 0.1) is 5.82 Å². The number of esters is 1. The molecule has 0 aliphatic rings. The van der Waals surface area contributed by atoms with Gasteiger partial charge in [-0.2, -0.15) is 0 Å². The third kappa shape index (κ3) is 6.02. The molecule has 0 fully saturated rings. The highest BCUT2D eigenvalue weighted by Gasteiger charge is 2.14. The predicted octanol–water partition coefficient (Wildman–Crippen LogP) is 3.04. The van der Waals surface area contributed by atoms with E-state index in [0.717, 1.165) is 0 Å². The molecule has 0 unspecified atom stereocenters. The van der Waals surface area contributed by atoms with Crippen molar-refractivity contribution in [3.63, 3.8) is 0 Å². The highest BCUT2D eigenvalue weighted by molar-refractivity contribution is 6.36. The Kier molecular flexibility index (Phi) is 6.94. The smallest absolute Gasteiger partial charge is 0.340 e. The van der Waals surface area contributed by atoms with Gasteiger partial charge in [0.15, 0.2) is 6.61 Å². The fourth-order valence-corrected chi connectivity index (χ4v) is 2.32. The molecular formula is C17H13Cl2FN2O4. The third-order valence-electron chi connectivity index (χ3n) is 3.06. The van der Waals surface area contributed by atoms with Crippen LogP contribution in [0.2, 0.25) is 10.0 Å². The minimum Gasteiger partial charge on any atom is -0.452 e. The fraction of sp³-hybridized carbons (Fsp3) is 0.118. The van der Waals surface area contributed by atoms with Gasteiger partial charge in [0.2, 0.25) is 5.91 Å². The van der Waals surface area contributed by atoms with Crippen molar-refractivity contribution in [1.29, 1.82) is 0 Å². The molecule has 2 aromatic carbocycles. The van der Waals surface area contributed by atoms with Crippen molar-refractivity contribution in [2.75, 3.05) is 18.5 Å². The molecule has 0 aliphatic heterocycles. The van der Waals surface area contributed by atoms with Crippen LogP contribution < -0.4 is 10.6 Å². The second-order valence-electron chi connectivity index (χ2n) is 5.03. The van der Waals surface area contributed by atoms with Crippen LogP contribution in [0.1, 0.15) is 10.4 Å². The summed E-state index contributed by atoms with van der Waals surface area (Å²) in [6.07, 6.45) is 0. The van der Waals surface area contributed by atoms with E-state index in [2.05, 4.69) is 10.6 Å². The number of hydrogen-bond acceptors (Lipinski definition) is 4. The molecule has 0 aliphatic carbocycles. The lowest BCUT2D eigenvalue weighted by Crippen LogP contribution is -2.35. The first-order chi connectivity index (χ1) is 12.3. The summed E-state index contributed by atoms with van der Waals surface area (Å²) >= 11 is 11.6. The van der Waals surface area contributed by atoms with E-state index in [0.29, 0.717) is 10.7 Å². The molecule has 0 saturated carbocycles. The summed E-state index contributed by atoms with van der Waals surface area (Å²) in [5.74, 6) is -2.41. The summed E-state index contributed by atoms with van der Waals surface area (Å²) < 4.78 is 17.6. The second kappa shape index (κ2) is 9.17. The number of rotatable bonds is 6. The molecule has 2 N–H and O–H groups in total. The van der Waals surface area contributed by atoms with Crippen molar-refractivity contribution in [1.82, 2.24) is 5.32 Å². The number of carbonyl (C=O) groups excluding carboxylic acids is 3. The second-order valence-corrected chi connectivity index (χ2v) is 5.88. The molecule has 0 heterocycles. The molecule has 0 saturated heterocycles. The van der Waals surface area contributed by atoms with Crippen molar-refractivity contribution in [3.05, 3.63) is 63.9 Å². The molecule has 9 heteroatoms. The zero-order chi connectivity index (χ0) is 19.1. The Bertz CT molecular complexity index is 828. The maximum atomic E-state index is 12.8. The SMILES string of the molecule is O=C(COC(=O)c1ccc(Cl)cc1Cl)NCC(=O)Nc1ccc(F)cc1. The van der Waals surface area contributed by atoms with Crippen LogP contribution in [0.5, 0.6) is 0 Å². The molecule has 26 heavy (non-hydrogen) atoms. The number of carbonyl (C=O) groups is 3. The molecule has 0 bridgehead atoms. The van der Waals surface area contributed by atoms with Gasteiger partial charge in [-0.15, -0.1) is 0 Å². The first-order valence-corrected chi connectivity index (χ1v) is 8.05. The minimum atomic E-state index is -0.794. The Labute approximate surface area is 158 Å². The van der Waals surface area contributed by atoms with Gasteiger partial charge < -0.3 is 15.4 Å². The molecular weight excluding hydrogens is 386 g/mol. The van der Waals surface area contributed by atoms with Crippen LogP contribution in [-0.4, -0.2) is 30.9 Å². The van der Waals surface area contributed by atoms with E-state index in [9.17, 15) is 18.8 Å². The number of ether oxygens (including phenoxy) is 1. The average molecular weight is 399 g/mol. The van der Waals surface area contributed by atoms with Crippen molar-refractivity contribution in [2.24, 2.45) is 0 Å². The number of hydrogen-bond donors (Lipinski definition) is 2. The number of anilines is 1. The van der Waals surface area contributed by atoms with Crippen molar-refractivity contribution >= 4 is 46.7 Å². The van der Waals surface area contributed by atoms with Crippen LogP contribution in [-0.2, 0) is 14.3 Å². The lowest BCUT2D eigenvalue weighted by atomic mass is 10.2. The summed E-state index contributed by atoms with van der Waals surface area (Å²) in [5.41, 5.74) is 0.451. The van der Waals surface area contributed by atoms with Crippen molar-refractivity contribution in [2.45, 2.75) is 0 Å². The molecule has 0 spiro atoms. The number of amides is 2. The van der Waals surface area contributed by atoms with Crippen LogP contribution >= 0.6 is 23.2 Å². The fourth-order valence-electron chi connectivity index (χ4n) is 1.83. The minimum absolute atomic E-state index is 0.0675. The van der Waals surface area contributed by atoms with Gasteiger partial charge in [-0.25, -0.2) is 9.18 Å². The maximum Gasteiger partial charge on any atom is 0.340 e. The Morgan fingerprint density at radius 3 is 2.35 bits per heavy atom. The van der Waals surface area contributed by atoms with Crippen LogP contribution in [0.15, 0.2) is 42.5 Å². The molecule has 2 aromatic rings. The first kappa shape index (κ1) is 19.7. The monoisotopic (exact) mass is 398 g/mol. The van der Waals surface area contributed by atoms with Crippen LogP contribution in [0.4, 0.5) is 10.1 Å². The van der Waals surface area contributed by atoms with Crippen molar-refractivity contribution < 1.29 is 23.5 Å². The van der Waals surface area contributed by atoms with Gasteiger partial charge in [-0.3, -0.25) is 9.59 Å². The number of benzene rings is 2. The molecule has 2 amide bonds. The largest absolute Gasteiger partial charge is 0.452 e. The van der Waals surface area contributed by atoms with E-state index in [-0.39, 0.29) is 17.1 Å². The van der Waals surface area contributed by atoms with Gasteiger partial charge in [0.25, 0.3) is 5.91 Å². The average Bonchev–Trinajstić information content (AvgIpc) is 2.60. The van der Waals surface area contributed by atoms with Gasteiger partial charge in [0.1, 0.15) is 5.82 Å². The number of nitrogens with one attached hydrogen (secondary N) is 2. The molecule has 0 radical (unpaired) electrons. The van der Waals surface area contributed by atoms with E-state index >= 15 is 0 Å². The zero-order valence-electron chi connectivity index (χ0n) is 13.2. The molecule has 136 valence electrons. The van der Waals surface area contributed by atoms with Crippen LogP contribution in [0.3, 0.4) is 0 Å². The van der Waals surface area contributed by atoms with Gasteiger partial charge in [0, 0.05) is 10.7 Å². The Morgan fingerprint density at radius 1 is 1.00 bits per heavy atom. The lowest BCUT2D eigenvalue weighted by Gasteiger charge is -2.08. The predicted molar refractivity (Wildman–Crippen MR) is 94.8 cm³/mol. The van der Waals surface area contributed by atoms with E-state index in [1.54, 1.807) is 0 Å². The third-order valence-corrected chi connectivity index (χ3v) is 3.61. The van der Waals surface area contributed by atoms with Gasteiger partial charge in [-0.1, -0.05) is 23.2 Å². The Morgan fingerprint density at radius 2 is 1.69 bits per heavy atom. The molecule has 6 nitrogen and oxygen atoms in total. The van der Waals surface area contributed by atoms with Crippen molar-refractivity contribution in [3.8, 4) is 0 Å². The van der Waals surface area contributed by atoms with E-state index < -0.39 is 30.2 Å². The van der Waals surface area contributed by atoms with Gasteiger partial charge in [-0.05, 0) is 42.5 Å². The summed E-state index contributed by atoms with van der Waals surface area (Å²) in [6, 6.07) is 9.36. The molecule has 0 atom stereocenters.